The molecule has 0 saturated carbocycles. The van der Waals surface area contributed by atoms with Crippen LogP contribution in [0.5, 0.6) is 0 Å². The molecule has 0 aliphatic carbocycles. The van der Waals surface area contributed by atoms with Crippen molar-refractivity contribution in [1.29, 1.82) is 0 Å². The van der Waals surface area contributed by atoms with Crippen LogP contribution < -0.4 is 0 Å². The molecule has 0 fully saturated rings. The quantitative estimate of drug-likeness (QED) is 0.395. The lowest BCUT2D eigenvalue weighted by atomic mass is 10.8. The zero-order chi connectivity index (χ0) is 4.50. The Morgan fingerprint density at radius 3 is 0.833 bits per heavy atom. The Balaban J connectivity index is 0. The average Bonchev–Trinajstić information content (AvgIpc) is 0.722. The largest absolute Gasteiger partial charge is 0.333 e. The van der Waals surface area contributed by atoms with E-state index in [1.807, 2.05) is 0 Å². The van der Waals surface area contributed by atoms with Crippen molar-refractivity contribution in [1.82, 2.24) is 0 Å². The minimum atomic E-state index is 0. The second kappa shape index (κ2) is 2.48. The van der Waals surface area contributed by atoms with Crippen LogP contribution in [0.2, 0.25) is 0 Å². The highest BCUT2D eigenvalue weighted by Gasteiger charge is 1.88. The highest BCUT2D eigenvalue weighted by atomic mass is 32.1. The third-order valence-electron chi connectivity index (χ3n) is 0. The number of quaternary nitrogens is 1. The molecule has 0 aromatic rings. The molecule has 0 radical (unpaired) electrons. The highest BCUT2D eigenvalue weighted by molar-refractivity contribution is 7.59. The van der Waals surface area contributed by atoms with Gasteiger partial charge in [0.25, 0.3) is 0 Å². The Morgan fingerprint density at radius 2 is 0.833 bits per heavy atom. The van der Waals surface area contributed by atoms with Crippen molar-refractivity contribution < 1.29 is 4.48 Å². The fourth-order valence-corrected chi connectivity index (χ4v) is 0. The van der Waals surface area contributed by atoms with Crippen molar-refractivity contribution in [3.8, 4) is 0 Å². The summed E-state index contributed by atoms with van der Waals surface area (Å²) in [6.45, 7) is 0. The number of rotatable bonds is 0. The first-order valence-electron chi connectivity index (χ1n) is 1.79. The second-order valence-corrected chi connectivity index (χ2v) is 2.68. The van der Waals surface area contributed by atoms with E-state index in [4.69, 9.17) is 0 Å². The first kappa shape index (κ1) is 9.58. The van der Waals surface area contributed by atoms with Gasteiger partial charge in [0.2, 0.25) is 0 Å². The second-order valence-electron chi connectivity index (χ2n) is 2.68. The first-order chi connectivity index (χ1) is 2.00. The molecule has 40 valence electrons. The minimum absolute atomic E-state index is 0. The molecule has 0 aliphatic heterocycles. The van der Waals surface area contributed by atoms with E-state index in [9.17, 15) is 0 Å². The molecule has 0 heterocycles. The maximum absolute atomic E-state index is 2.12. The van der Waals surface area contributed by atoms with Gasteiger partial charge in [0.05, 0.1) is 28.2 Å². The SMILES string of the molecule is C[N+](C)(C)C.S. The van der Waals surface area contributed by atoms with Gasteiger partial charge in [-0.3, -0.25) is 0 Å². The Hall–Kier alpha value is 0.310. The number of nitrogens with zero attached hydrogens (tertiary/aromatic N) is 1. The van der Waals surface area contributed by atoms with Crippen LogP contribution in [0, 0.1) is 0 Å². The van der Waals surface area contributed by atoms with Crippen LogP contribution >= 0.6 is 13.5 Å². The molecular formula is C4H14NS+. The fourth-order valence-electron chi connectivity index (χ4n) is 0. The lowest BCUT2D eigenvalue weighted by molar-refractivity contribution is -0.849. The molecule has 0 N–H and O–H groups in total. The summed E-state index contributed by atoms with van der Waals surface area (Å²) in [5.74, 6) is 0. The van der Waals surface area contributed by atoms with Crippen molar-refractivity contribution >= 4 is 13.5 Å². The molecule has 0 aromatic carbocycles. The van der Waals surface area contributed by atoms with Crippen LogP contribution in [-0.2, 0) is 0 Å². The maximum atomic E-state index is 2.12. The van der Waals surface area contributed by atoms with E-state index in [-0.39, 0.29) is 13.5 Å². The van der Waals surface area contributed by atoms with E-state index in [2.05, 4.69) is 28.2 Å². The molecule has 1 nitrogen and oxygen atoms in total. The van der Waals surface area contributed by atoms with Crippen LogP contribution in [0.1, 0.15) is 0 Å². The molecule has 6 heavy (non-hydrogen) atoms. The van der Waals surface area contributed by atoms with E-state index in [0.717, 1.165) is 4.48 Å². The topological polar surface area (TPSA) is 0 Å². The minimum Gasteiger partial charge on any atom is -0.333 e. The predicted molar refractivity (Wildman–Crippen MR) is 34.3 cm³/mol. The summed E-state index contributed by atoms with van der Waals surface area (Å²) in [5, 5.41) is 0. The van der Waals surface area contributed by atoms with Crippen LogP contribution in [0.15, 0.2) is 0 Å². The molecule has 2 heteroatoms. The van der Waals surface area contributed by atoms with Gasteiger partial charge >= 0.3 is 0 Å². The smallest absolute Gasteiger partial charge is 0.0675 e. The Labute approximate surface area is 47.0 Å². The van der Waals surface area contributed by atoms with E-state index in [0.29, 0.717) is 0 Å². The summed E-state index contributed by atoms with van der Waals surface area (Å²) in [6.07, 6.45) is 0. The van der Waals surface area contributed by atoms with Gasteiger partial charge < -0.3 is 4.48 Å². The summed E-state index contributed by atoms with van der Waals surface area (Å²) in [7, 11) is 8.50. The van der Waals surface area contributed by atoms with Gasteiger partial charge in [0.15, 0.2) is 0 Å². The lowest BCUT2D eigenvalue weighted by Gasteiger charge is -2.14. The molecular weight excluding hydrogens is 94.1 g/mol. The molecule has 0 atom stereocenters. The maximum Gasteiger partial charge on any atom is 0.0675 e. The number of hydrogen-bond acceptors (Lipinski definition) is 0. The summed E-state index contributed by atoms with van der Waals surface area (Å²) in [6, 6.07) is 0. The lowest BCUT2D eigenvalue weighted by Crippen LogP contribution is -2.27. The molecule has 0 aromatic heterocycles. The van der Waals surface area contributed by atoms with E-state index < -0.39 is 0 Å². The monoisotopic (exact) mass is 108 g/mol. The molecule has 0 saturated heterocycles. The standard InChI is InChI=1S/C4H12N.H2S/c1-5(2,3)4;/h1-4H3;1H2/q+1;. The predicted octanol–water partition coefficient (Wildman–Crippen LogP) is 0.435. The van der Waals surface area contributed by atoms with Crippen LogP contribution in [0.4, 0.5) is 0 Å². The van der Waals surface area contributed by atoms with Gasteiger partial charge in [-0.2, -0.15) is 13.5 Å². The summed E-state index contributed by atoms with van der Waals surface area (Å²) in [4.78, 5) is 0. The molecule has 0 bridgehead atoms. The van der Waals surface area contributed by atoms with E-state index >= 15 is 0 Å². The van der Waals surface area contributed by atoms with E-state index in [1.54, 1.807) is 0 Å². The van der Waals surface area contributed by atoms with Crippen LogP contribution in [-0.4, -0.2) is 32.7 Å². The van der Waals surface area contributed by atoms with Crippen LogP contribution in [0.25, 0.3) is 0 Å². The Kier molecular flexibility index (Phi) is 3.95. The van der Waals surface area contributed by atoms with Gasteiger partial charge in [-0.05, 0) is 0 Å². The third-order valence-corrected chi connectivity index (χ3v) is 0. The first-order valence-corrected chi connectivity index (χ1v) is 1.79. The highest BCUT2D eigenvalue weighted by Crippen LogP contribution is 1.73. The normalized spacial score (nSPS) is 10.0. The molecule has 0 spiro atoms. The summed E-state index contributed by atoms with van der Waals surface area (Å²) >= 11 is 0. The van der Waals surface area contributed by atoms with E-state index in [1.165, 1.54) is 0 Å². The summed E-state index contributed by atoms with van der Waals surface area (Å²) in [5.41, 5.74) is 0. The van der Waals surface area contributed by atoms with Gasteiger partial charge in [-0.1, -0.05) is 0 Å². The zero-order valence-electron chi connectivity index (χ0n) is 4.95. The van der Waals surface area contributed by atoms with Gasteiger partial charge in [-0.25, -0.2) is 0 Å². The van der Waals surface area contributed by atoms with Crippen molar-refractivity contribution in [2.24, 2.45) is 0 Å². The van der Waals surface area contributed by atoms with Crippen molar-refractivity contribution in [3.63, 3.8) is 0 Å². The van der Waals surface area contributed by atoms with Gasteiger partial charge in [-0.15, -0.1) is 0 Å². The average molecular weight is 108 g/mol. The van der Waals surface area contributed by atoms with Gasteiger partial charge in [0.1, 0.15) is 0 Å². The number of hydrogen-bond donors (Lipinski definition) is 0. The molecule has 0 amide bonds. The fraction of sp³-hybridized carbons (Fsp3) is 1.00. The molecule has 0 rings (SSSR count). The molecule has 0 unspecified atom stereocenters. The van der Waals surface area contributed by atoms with Crippen molar-refractivity contribution in [3.05, 3.63) is 0 Å². The molecule has 0 aliphatic rings. The Bertz CT molecular complexity index is 23.0. The zero-order valence-corrected chi connectivity index (χ0v) is 5.95. The summed E-state index contributed by atoms with van der Waals surface area (Å²) < 4.78 is 1.00. The van der Waals surface area contributed by atoms with Gasteiger partial charge in [0, 0.05) is 0 Å². The van der Waals surface area contributed by atoms with Crippen LogP contribution in [0.3, 0.4) is 0 Å². The van der Waals surface area contributed by atoms with Crippen molar-refractivity contribution in [2.75, 3.05) is 28.2 Å². The van der Waals surface area contributed by atoms with Crippen molar-refractivity contribution in [2.45, 2.75) is 0 Å². The third kappa shape index (κ3) is 491. The Morgan fingerprint density at radius 1 is 0.833 bits per heavy atom.